The van der Waals surface area contributed by atoms with Gasteiger partial charge in [0.2, 0.25) is 5.91 Å². The molecule has 2 rings (SSSR count). The number of hydrogen-bond donors (Lipinski definition) is 1. The van der Waals surface area contributed by atoms with E-state index in [4.69, 9.17) is 4.74 Å². The summed E-state index contributed by atoms with van der Waals surface area (Å²) in [4.78, 5) is 14.4. The molecule has 1 heterocycles. The van der Waals surface area contributed by atoms with Crippen molar-refractivity contribution in [1.29, 1.82) is 0 Å². The first kappa shape index (κ1) is 17.1. The van der Waals surface area contributed by atoms with Crippen molar-refractivity contribution in [2.75, 3.05) is 39.1 Å². The minimum Gasteiger partial charge on any atom is -0.383 e. The zero-order chi connectivity index (χ0) is 12.8. The van der Waals surface area contributed by atoms with Crippen molar-refractivity contribution >= 4 is 30.1 Å². The van der Waals surface area contributed by atoms with Crippen LogP contribution in [0.25, 0.3) is 0 Å². The number of hydrogen-bond acceptors (Lipinski definition) is 4. The third-order valence-electron chi connectivity index (χ3n) is 3.81. The Bertz CT molecular complexity index is 279. The summed E-state index contributed by atoms with van der Waals surface area (Å²) in [6, 6.07) is 0.495. The molecule has 2 atom stereocenters. The maximum Gasteiger partial charge on any atom is 0.236 e. The Labute approximate surface area is 126 Å². The zero-order valence-electron chi connectivity index (χ0n) is 11.6. The highest BCUT2D eigenvalue weighted by atomic mass is 35.5. The standard InChI is InChI=1S/C13H24N2O2S.ClH/c1-17-8-6-14-10-13(16)15-7-9-18-12-5-3-2-4-11(12)15;/h11-12,14H,2-10H2,1H3;1H. The molecule has 19 heavy (non-hydrogen) atoms. The lowest BCUT2D eigenvalue weighted by Gasteiger charge is -2.43. The van der Waals surface area contributed by atoms with Gasteiger partial charge in [0.1, 0.15) is 0 Å². The Morgan fingerprint density at radius 1 is 1.42 bits per heavy atom. The van der Waals surface area contributed by atoms with Gasteiger partial charge in [-0.3, -0.25) is 4.79 Å². The van der Waals surface area contributed by atoms with Crippen LogP contribution in [0.4, 0.5) is 0 Å². The Morgan fingerprint density at radius 3 is 3.00 bits per heavy atom. The van der Waals surface area contributed by atoms with Crippen LogP contribution in [-0.4, -0.2) is 61.2 Å². The first-order chi connectivity index (χ1) is 8.83. The molecule has 2 unspecified atom stereocenters. The Balaban J connectivity index is 0.00000180. The summed E-state index contributed by atoms with van der Waals surface area (Å²) >= 11 is 2.07. The van der Waals surface area contributed by atoms with Crippen LogP contribution in [0.1, 0.15) is 25.7 Å². The molecule has 0 aromatic heterocycles. The van der Waals surface area contributed by atoms with Crippen LogP contribution >= 0.6 is 24.2 Å². The molecule has 0 spiro atoms. The Morgan fingerprint density at radius 2 is 2.21 bits per heavy atom. The number of halogens is 1. The van der Waals surface area contributed by atoms with E-state index in [1.807, 2.05) is 0 Å². The van der Waals surface area contributed by atoms with Crippen molar-refractivity contribution in [3.8, 4) is 0 Å². The molecular formula is C13H25ClN2O2S. The highest BCUT2D eigenvalue weighted by Gasteiger charge is 2.35. The fraction of sp³-hybridized carbons (Fsp3) is 0.923. The number of rotatable bonds is 5. The van der Waals surface area contributed by atoms with Crippen LogP contribution in [0, 0.1) is 0 Å². The van der Waals surface area contributed by atoms with E-state index in [0.717, 1.165) is 18.8 Å². The summed E-state index contributed by atoms with van der Waals surface area (Å²) in [7, 11) is 1.68. The second-order valence-electron chi connectivity index (χ2n) is 5.02. The van der Waals surface area contributed by atoms with E-state index in [1.165, 1.54) is 25.7 Å². The molecule has 0 radical (unpaired) electrons. The number of thioether (sulfide) groups is 1. The van der Waals surface area contributed by atoms with Crippen LogP contribution in [0.3, 0.4) is 0 Å². The molecule has 2 fully saturated rings. The van der Waals surface area contributed by atoms with E-state index in [9.17, 15) is 4.79 Å². The van der Waals surface area contributed by atoms with Crippen LogP contribution in [-0.2, 0) is 9.53 Å². The third kappa shape index (κ3) is 4.81. The molecule has 0 aromatic rings. The molecule has 6 heteroatoms. The Kier molecular flexibility index (Phi) is 8.14. The van der Waals surface area contributed by atoms with E-state index in [1.54, 1.807) is 7.11 Å². The van der Waals surface area contributed by atoms with Gasteiger partial charge >= 0.3 is 0 Å². The van der Waals surface area contributed by atoms with Crippen LogP contribution < -0.4 is 5.32 Å². The number of nitrogens with zero attached hydrogens (tertiary/aromatic N) is 1. The first-order valence-corrected chi connectivity index (χ1v) is 7.98. The molecule has 0 aromatic carbocycles. The predicted octanol–water partition coefficient (Wildman–Crippen LogP) is 1.53. The van der Waals surface area contributed by atoms with E-state index in [-0.39, 0.29) is 18.3 Å². The van der Waals surface area contributed by atoms with Gasteiger partial charge in [-0.05, 0) is 12.8 Å². The SMILES string of the molecule is COCCNCC(=O)N1CCSC2CCCCC21.Cl. The predicted molar refractivity (Wildman–Crippen MR) is 82.2 cm³/mol. The molecule has 1 saturated carbocycles. The monoisotopic (exact) mass is 308 g/mol. The summed E-state index contributed by atoms with van der Waals surface area (Å²) in [5.74, 6) is 1.37. The van der Waals surface area contributed by atoms with Crippen molar-refractivity contribution in [1.82, 2.24) is 10.2 Å². The van der Waals surface area contributed by atoms with Crippen LogP contribution in [0.5, 0.6) is 0 Å². The van der Waals surface area contributed by atoms with E-state index >= 15 is 0 Å². The minimum atomic E-state index is 0. The number of nitrogens with one attached hydrogen (secondary N) is 1. The quantitative estimate of drug-likeness (QED) is 0.782. The van der Waals surface area contributed by atoms with Crippen LogP contribution in [0.15, 0.2) is 0 Å². The summed E-state index contributed by atoms with van der Waals surface area (Å²) in [6.45, 7) is 2.79. The lowest BCUT2D eigenvalue weighted by Crippen LogP contribution is -2.53. The zero-order valence-corrected chi connectivity index (χ0v) is 13.2. The molecule has 1 saturated heterocycles. The fourth-order valence-electron chi connectivity index (χ4n) is 2.88. The van der Waals surface area contributed by atoms with Crippen molar-refractivity contribution in [2.24, 2.45) is 0 Å². The summed E-state index contributed by atoms with van der Waals surface area (Å²) in [5, 5.41) is 3.85. The van der Waals surface area contributed by atoms with Gasteiger partial charge in [0.15, 0.2) is 0 Å². The van der Waals surface area contributed by atoms with E-state index in [0.29, 0.717) is 24.4 Å². The van der Waals surface area contributed by atoms with Gasteiger partial charge in [-0.2, -0.15) is 11.8 Å². The number of amides is 1. The van der Waals surface area contributed by atoms with Crippen molar-refractivity contribution in [3.05, 3.63) is 0 Å². The van der Waals surface area contributed by atoms with Gasteiger partial charge < -0.3 is 15.0 Å². The molecular weight excluding hydrogens is 284 g/mol. The summed E-state index contributed by atoms with van der Waals surface area (Å²) in [5.41, 5.74) is 0. The summed E-state index contributed by atoms with van der Waals surface area (Å²) in [6.07, 6.45) is 5.10. The van der Waals surface area contributed by atoms with E-state index < -0.39 is 0 Å². The lowest BCUT2D eigenvalue weighted by molar-refractivity contribution is -0.133. The minimum absolute atomic E-state index is 0. The number of methoxy groups -OCH3 is 1. The van der Waals surface area contributed by atoms with Gasteiger partial charge in [-0.1, -0.05) is 12.8 Å². The largest absolute Gasteiger partial charge is 0.383 e. The Hall–Kier alpha value is 0.0300. The van der Waals surface area contributed by atoms with Gasteiger partial charge in [-0.25, -0.2) is 0 Å². The van der Waals surface area contributed by atoms with Gasteiger partial charge in [0.05, 0.1) is 13.2 Å². The average molecular weight is 309 g/mol. The summed E-state index contributed by atoms with van der Waals surface area (Å²) < 4.78 is 4.96. The second-order valence-corrected chi connectivity index (χ2v) is 6.36. The molecule has 1 aliphatic heterocycles. The van der Waals surface area contributed by atoms with Gasteiger partial charge in [0.25, 0.3) is 0 Å². The molecule has 0 bridgehead atoms. The first-order valence-electron chi connectivity index (χ1n) is 6.93. The fourth-order valence-corrected chi connectivity index (χ4v) is 4.32. The number of carbonyl (C=O) groups excluding carboxylic acids is 1. The third-order valence-corrected chi connectivity index (χ3v) is 5.21. The number of ether oxygens (including phenoxy) is 1. The molecule has 1 aliphatic carbocycles. The molecule has 4 nitrogen and oxygen atoms in total. The highest BCUT2D eigenvalue weighted by Crippen LogP contribution is 2.35. The van der Waals surface area contributed by atoms with Gasteiger partial charge in [0, 0.05) is 37.2 Å². The normalized spacial score (nSPS) is 26.5. The molecule has 2 aliphatic rings. The topological polar surface area (TPSA) is 41.6 Å². The number of fused-ring (bicyclic) bond motifs is 1. The highest BCUT2D eigenvalue weighted by molar-refractivity contribution is 8.00. The van der Waals surface area contributed by atoms with Gasteiger partial charge in [-0.15, -0.1) is 12.4 Å². The second kappa shape index (κ2) is 9.06. The van der Waals surface area contributed by atoms with Crippen LogP contribution in [0.2, 0.25) is 0 Å². The maximum atomic E-state index is 12.2. The molecule has 112 valence electrons. The molecule has 1 amide bonds. The average Bonchev–Trinajstić information content (AvgIpc) is 2.43. The lowest BCUT2D eigenvalue weighted by atomic mass is 9.93. The smallest absolute Gasteiger partial charge is 0.236 e. The van der Waals surface area contributed by atoms with Crippen molar-refractivity contribution in [3.63, 3.8) is 0 Å². The van der Waals surface area contributed by atoms with E-state index in [2.05, 4.69) is 22.0 Å². The van der Waals surface area contributed by atoms with Crippen molar-refractivity contribution in [2.45, 2.75) is 37.0 Å². The maximum absolute atomic E-state index is 12.2. The van der Waals surface area contributed by atoms with Crippen molar-refractivity contribution < 1.29 is 9.53 Å². The molecule has 1 N–H and O–H groups in total. The number of carbonyl (C=O) groups is 1.